The van der Waals surface area contributed by atoms with E-state index in [4.69, 9.17) is 16.9 Å². The number of anilines is 1. The van der Waals surface area contributed by atoms with Gasteiger partial charge in [-0.15, -0.1) is 5.10 Å². The van der Waals surface area contributed by atoms with E-state index in [0.717, 1.165) is 5.69 Å². The molecule has 26 heavy (non-hydrogen) atoms. The van der Waals surface area contributed by atoms with Gasteiger partial charge in [-0.05, 0) is 47.7 Å². The van der Waals surface area contributed by atoms with Gasteiger partial charge >= 0.3 is 0 Å². The lowest BCUT2D eigenvalue weighted by Gasteiger charge is -2.12. The van der Waals surface area contributed by atoms with Crippen molar-refractivity contribution in [2.24, 2.45) is 0 Å². The summed E-state index contributed by atoms with van der Waals surface area (Å²) in [4.78, 5) is 12.4. The van der Waals surface area contributed by atoms with Gasteiger partial charge < -0.3 is 5.32 Å². The van der Waals surface area contributed by atoms with Crippen molar-refractivity contribution < 1.29 is 4.79 Å². The summed E-state index contributed by atoms with van der Waals surface area (Å²) in [5.74, 6) is -0.224. The molecule has 130 valence electrons. The molecule has 0 aliphatic heterocycles. The maximum atomic E-state index is 12.4. The molecule has 1 N–H and O–H groups in total. The van der Waals surface area contributed by atoms with Crippen LogP contribution in [0.5, 0.6) is 0 Å². The lowest BCUT2D eigenvalue weighted by molar-refractivity contribution is -0.115. The van der Waals surface area contributed by atoms with Crippen molar-refractivity contribution in [1.29, 1.82) is 5.26 Å². The molecule has 2 aromatic carbocycles. The quantitative estimate of drug-likeness (QED) is 0.678. The number of amides is 1. The van der Waals surface area contributed by atoms with Crippen LogP contribution >= 0.6 is 23.4 Å². The SMILES string of the molecule is CC(Sc1nnnn1-c1ccccc1)C(=O)Nc1ccc(C#N)c(Cl)c1. The van der Waals surface area contributed by atoms with E-state index in [1.807, 2.05) is 36.4 Å². The molecule has 1 aromatic heterocycles. The number of hydrogen-bond donors (Lipinski definition) is 1. The molecule has 0 spiro atoms. The number of halogens is 1. The summed E-state index contributed by atoms with van der Waals surface area (Å²) in [5.41, 5.74) is 1.69. The monoisotopic (exact) mass is 384 g/mol. The molecule has 3 rings (SSSR count). The number of aromatic nitrogens is 4. The molecule has 0 aliphatic rings. The topological polar surface area (TPSA) is 96.5 Å². The number of rotatable bonds is 5. The van der Waals surface area contributed by atoms with Gasteiger partial charge in [-0.2, -0.15) is 9.94 Å². The largest absolute Gasteiger partial charge is 0.325 e. The molecule has 0 fully saturated rings. The van der Waals surface area contributed by atoms with Crippen LogP contribution in [0.25, 0.3) is 5.69 Å². The minimum atomic E-state index is -0.446. The van der Waals surface area contributed by atoms with Gasteiger partial charge in [-0.1, -0.05) is 41.6 Å². The van der Waals surface area contributed by atoms with Gasteiger partial charge in [0.1, 0.15) is 6.07 Å². The number of carbonyl (C=O) groups is 1. The van der Waals surface area contributed by atoms with E-state index in [-0.39, 0.29) is 5.91 Å². The van der Waals surface area contributed by atoms with Gasteiger partial charge in [0.25, 0.3) is 0 Å². The second-order valence-corrected chi connectivity index (χ2v) is 6.98. The third-order valence-electron chi connectivity index (χ3n) is 3.45. The van der Waals surface area contributed by atoms with Crippen molar-refractivity contribution in [1.82, 2.24) is 20.2 Å². The first-order valence-electron chi connectivity index (χ1n) is 7.59. The molecule has 0 radical (unpaired) electrons. The summed E-state index contributed by atoms with van der Waals surface area (Å²) in [6.45, 7) is 1.76. The number of benzene rings is 2. The Labute approximate surface area is 159 Å². The smallest absolute Gasteiger partial charge is 0.237 e. The van der Waals surface area contributed by atoms with Crippen molar-refractivity contribution in [3.05, 3.63) is 59.1 Å². The minimum Gasteiger partial charge on any atom is -0.325 e. The highest BCUT2D eigenvalue weighted by Crippen LogP contribution is 2.25. The molecular formula is C17H13ClN6OS. The molecule has 1 atom stereocenters. The Kier molecular flexibility index (Phi) is 5.51. The Balaban J connectivity index is 1.70. The van der Waals surface area contributed by atoms with Gasteiger partial charge in [0.05, 0.1) is 21.5 Å². The summed E-state index contributed by atoms with van der Waals surface area (Å²) in [6.07, 6.45) is 0. The van der Waals surface area contributed by atoms with Crippen molar-refractivity contribution in [3.8, 4) is 11.8 Å². The Morgan fingerprint density at radius 1 is 1.31 bits per heavy atom. The Hall–Kier alpha value is -2.89. The van der Waals surface area contributed by atoms with Crippen LogP contribution in [0, 0.1) is 11.3 Å². The fourth-order valence-electron chi connectivity index (χ4n) is 2.12. The third-order valence-corrected chi connectivity index (χ3v) is 4.80. The van der Waals surface area contributed by atoms with Crippen LogP contribution in [0.1, 0.15) is 12.5 Å². The van der Waals surface area contributed by atoms with Crippen molar-refractivity contribution >= 4 is 35.0 Å². The fourth-order valence-corrected chi connectivity index (χ4v) is 3.15. The maximum Gasteiger partial charge on any atom is 0.237 e. The van der Waals surface area contributed by atoms with E-state index in [0.29, 0.717) is 21.4 Å². The normalized spacial score (nSPS) is 11.6. The van der Waals surface area contributed by atoms with Gasteiger partial charge in [-0.25, -0.2) is 0 Å². The fraction of sp³-hybridized carbons (Fsp3) is 0.118. The van der Waals surface area contributed by atoms with E-state index in [1.165, 1.54) is 11.8 Å². The van der Waals surface area contributed by atoms with E-state index in [9.17, 15) is 4.79 Å². The minimum absolute atomic E-state index is 0.224. The highest BCUT2D eigenvalue weighted by molar-refractivity contribution is 8.00. The number of hydrogen-bond acceptors (Lipinski definition) is 6. The number of carbonyl (C=O) groups excluding carboxylic acids is 1. The van der Waals surface area contributed by atoms with Crippen LogP contribution in [-0.2, 0) is 4.79 Å². The number of thioether (sulfide) groups is 1. The highest BCUT2D eigenvalue weighted by Gasteiger charge is 2.19. The molecule has 1 heterocycles. The molecule has 7 nitrogen and oxygen atoms in total. The molecule has 1 unspecified atom stereocenters. The molecule has 1 amide bonds. The molecule has 0 saturated carbocycles. The van der Waals surface area contributed by atoms with Gasteiger partial charge in [0.2, 0.25) is 11.1 Å². The zero-order valence-corrected chi connectivity index (χ0v) is 15.2. The first-order chi connectivity index (χ1) is 12.6. The maximum absolute atomic E-state index is 12.4. The van der Waals surface area contributed by atoms with Crippen LogP contribution in [0.2, 0.25) is 5.02 Å². The Morgan fingerprint density at radius 2 is 2.08 bits per heavy atom. The van der Waals surface area contributed by atoms with Crippen molar-refractivity contribution in [3.63, 3.8) is 0 Å². The molecule has 3 aromatic rings. The predicted molar refractivity (Wildman–Crippen MR) is 99.3 cm³/mol. The van der Waals surface area contributed by atoms with Crippen molar-refractivity contribution in [2.45, 2.75) is 17.3 Å². The zero-order chi connectivity index (χ0) is 18.5. The highest BCUT2D eigenvalue weighted by atomic mass is 35.5. The second kappa shape index (κ2) is 7.99. The number of tetrazole rings is 1. The van der Waals surface area contributed by atoms with E-state index >= 15 is 0 Å². The summed E-state index contributed by atoms with van der Waals surface area (Å²) >= 11 is 7.23. The first-order valence-corrected chi connectivity index (χ1v) is 8.85. The molecule has 0 bridgehead atoms. The van der Waals surface area contributed by atoms with Gasteiger partial charge in [-0.3, -0.25) is 4.79 Å². The van der Waals surface area contributed by atoms with Crippen LogP contribution in [-0.4, -0.2) is 31.4 Å². The Bertz CT molecular complexity index is 969. The van der Waals surface area contributed by atoms with Gasteiger partial charge in [0.15, 0.2) is 0 Å². The average molecular weight is 385 g/mol. The van der Waals surface area contributed by atoms with E-state index in [1.54, 1.807) is 29.8 Å². The lowest BCUT2D eigenvalue weighted by atomic mass is 10.2. The van der Waals surface area contributed by atoms with E-state index in [2.05, 4.69) is 20.8 Å². The summed E-state index contributed by atoms with van der Waals surface area (Å²) in [6, 6.07) is 16.1. The molecule has 9 heteroatoms. The lowest BCUT2D eigenvalue weighted by Crippen LogP contribution is -2.23. The van der Waals surface area contributed by atoms with Crippen LogP contribution in [0.15, 0.2) is 53.7 Å². The summed E-state index contributed by atoms with van der Waals surface area (Å²) in [5, 5.41) is 23.7. The predicted octanol–water partition coefficient (Wildman–Crippen LogP) is 3.31. The Morgan fingerprint density at radius 3 is 2.77 bits per heavy atom. The molecule has 0 saturated heterocycles. The summed E-state index contributed by atoms with van der Waals surface area (Å²) < 4.78 is 1.58. The van der Waals surface area contributed by atoms with Crippen LogP contribution in [0.4, 0.5) is 5.69 Å². The number of para-hydroxylation sites is 1. The van der Waals surface area contributed by atoms with Crippen LogP contribution < -0.4 is 5.32 Å². The zero-order valence-electron chi connectivity index (χ0n) is 13.6. The average Bonchev–Trinajstić information content (AvgIpc) is 3.10. The standard InChI is InChI=1S/C17H13ClN6OS/c1-11(16(25)20-13-8-7-12(10-19)15(18)9-13)26-17-21-22-23-24(17)14-5-3-2-4-6-14/h2-9,11H,1H3,(H,20,25). The number of nitrogens with zero attached hydrogens (tertiary/aromatic N) is 5. The third kappa shape index (κ3) is 4.02. The first kappa shape index (κ1) is 17.9. The molecule has 0 aliphatic carbocycles. The summed E-state index contributed by atoms with van der Waals surface area (Å²) in [7, 11) is 0. The van der Waals surface area contributed by atoms with Gasteiger partial charge in [0, 0.05) is 5.69 Å². The number of nitrogens with one attached hydrogen (secondary N) is 1. The van der Waals surface area contributed by atoms with E-state index < -0.39 is 5.25 Å². The molecular weight excluding hydrogens is 372 g/mol. The number of nitriles is 1. The van der Waals surface area contributed by atoms with Crippen LogP contribution in [0.3, 0.4) is 0 Å². The second-order valence-electron chi connectivity index (χ2n) is 5.26. The van der Waals surface area contributed by atoms with Crippen molar-refractivity contribution in [2.75, 3.05) is 5.32 Å².